The van der Waals surface area contributed by atoms with E-state index in [0.717, 1.165) is 25.2 Å². The lowest BCUT2D eigenvalue weighted by Crippen LogP contribution is -2.27. The number of benzene rings is 1. The van der Waals surface area contributed by atoms with Crippen LogP contribution in [0.5, 0.6) is 17.2 Å². The van der Waals surface area contributed by atoms with Gasteiger partial charge in [-0.25, -0.2) is 0 Å². The molecule has 0 spiro atoms. The van der Waals surface area contributed by atoms with Gasteiger partial charge < -0.3 is 19.9 Å². The van der Waals surface area contributed by atoms with Crippen molar-refractivity contribution in [3.63, 3.8) is 0 Å². The van der Waals surface area contributed by atoms with Gasteiger partial charge in [0.1, 0.15) is 0 Å². The first-order valence-corrected chi connectivity index (χ1v) is 7.35. The van der Waals surface area contributed by atoms with E-state index >= 15 is 0 Å². The van der Waals surface area contributed by atoms with Crippen molar-refractivity contribution >= 4 is 12.4 Å². The van der Waals surface area contributed by atoms with E-state index in [9.17, 15) is 0 Å². The van der Waals surface area contributed by atoms with Crippen molar-refractivity contribution in [3.8, 4) is 17.2 Å². The van der Waals surface area contributed by atoms with E-state index < -0.39 is 0 Å². The van der Waals surface area contributed by atoms with Gasteiger partial charge in [0.05, 0.1) is 21.3 Å². The number of likely N-dealkylation sites (tertiary alicyclic amines) is 1. The van der Waals surface area contributed by atoms with Crippen molar-refractivity contribution in [2.24, 2.45) is 11.7 Å². The fraction of sp³-hybridized carbons (Fsp3) is 0.625. The molecule has 1 heterocycles. The van der Waals surface area contributed by atoms with E-state index in [1.54, 1.807) is 21.3 Å². The molecule has 6 heteroatoms. The first kappa shape index (κ1) is 18.9. The summed E-state index contributed by atoms with van der Waals surface area (Å²) < 4.78 is 16.2. The maximum atomic E-state index is 5.80. The van der Waals surface area contributed by atoms with Gasteiger partial charge in [-0.3, -0.25) is 4.90 Å². The second-order valence-electron chi connectivity index (χ2n) is 5.65. The van der Waals surface area contributed by atoms with E-state index in [0.29, 0.717) is 29.2 Å². The monoisotopic (exact) mass is 330 g/mol. The van der Waals surface area contributed by atoms with Crippen molar-refractivity contribution in [3.05, 3.63) is 17.7 Å². The van der Waals surface area contributed by atoms with E-state index in [-0.39, 0.29) is 12.4 Å². The number of nitrogens with zero attached hydrogens (tertiary/aromatic N) is 1. The minimum Gasteiger partial charge on any atom is -0.493 e. The number of ether oxygens (including phenoxy) is 3. The molecule has 2 N–H and O–H groups in total. The summed E-state index contributed by atoms with van der Waals surface area (Å²) in [6, 6.07) is 4.59. The van der Waals surface area contributed by atoms with Gasteiger partial charge in [-0.1, -0.05) is 0 Å². The third-order valence-corrected chi connectivity index (χ3v) is 4.23. The zero-order valence-corrected chi connectivity index (χ0v) is 14.6. The smallest absolute Gasteiger partial charge is 0.203 e. The number of nitrogens with two attached hydrogens (primary N) is 1. The summed E-state index contributed by atoms with van der Waals surface area (Å²) in [5.41, 5.74) is 6.96. The fourth-order valence-electron chi connectivity index (χ4n) is 3.07. The van der Waals surface area contributed by atoms with Crippen molar-refractivity contribution in [1.82, 2.24) is 4.90 Å². The average Bonchev–Trinajstić information content (AvgIpc) is 2.86. The fourth-order valence-corrected chi connectivity index (χ4v) is 3.07. The van der Waals surface area contributed by atoms with E-state index in [2.05, 4.69) is 11.8 Å². The van der Waals surface area contributed by atoms with Crippen LogP contribution in [0.4, 0.5) is 0 Å². The molecule has 0 saturated carbocycles. The quantitative estimate of drug-likeness (QED) is 0.867. The molecule has 0 amide bonds. The highest BCUT2D eigenvalue weighted by Crippen LogP contribution is 2.39. The van der Waals surface area contributed by atoms with Gasteiger partial charge in [-0.05, 0) is 43.5 Å². The van der Waals surface area contributed by atoms with E-state index in [1.807, 2.05) is 12.1 Å². The second kappa shape index (κ2) is 8.46. The Morgan fingerprint density at radius 3 is 2.14 bits per heavy atom. The van der Waals surface area contributed by atoms with Gasteiger partial charge >= 0.3 is 0 Å². The highest BCUT2D eigenvalue weighted by Gasteiger charge is 2.28. The van der Waals surface area contributed by atoms with E-state index in [1.165, 1.54) is 6.42 Å². The number of hydrogen-bond acceptors (Lipinski definition) is 5. The molecule has 1 saturated heterocycles. The Morgan fingerprint density at radius 2 is 1.73 bits per heavy atom. The van der Waals surface area contributed by atoms with Gasteiger partial charge in [0, 0.05) is 19.1 Å². The van der Waals surface area contributed by atoms with Crippen LogP contribution in [0.15, 0.2) is 12.1 Å². The summed E-state index contributed by atoms with van der Waals surface area (Å²) in [6.07, 6.45) is 1.17. The summed E-state index contributed by atoms with van der Waals surface area (Å²) in [4.78, 5) is 2.46. The van der Waals surface area contributed by atoms with Crippen LogP contribution >= 0.6 is 12.4 Å². The molecule has 0 aliphatic carbocycles. The summed E-state index contributed by atoms with van der Waals surface area (Å²) in [6.45, 7) is 4.94. The Bertz CT molecular complexity index is 459. The van der Waals surface area contributed by atoms with Crippen LogP contribution in [-0.2, 0) is 6.54 Å². The summed E-state index contributed by atoms with van der Waals surface area (Å²) in [7, 11) is 4.91. The molecule has 5 nitrogen and oxygen atoms in total. The Balaban J connectivity index is 0.00000242. The van der Waals surface area contributed by atoms with Crippen LogP contribution in [0.1, 0.15) is 18.9 Å². The molecule has 1 aromatic carbocycles. The van der Waals surface area contributed by atoms with Gasteiger partial charge in [0.25, 0.3) is 0 Å². The van der Waals surface area contributed by atoms with Crippen LogP contribution in [0.3, 0.4) is 0 Å². The SMILES string of the molecule is COc1cc(CN2CC(CN)CC2C)cc(OC)c1OC.Cl. The highest BCUT2D eigenvalue weighted by atomic mass is 35.5. The summed E-state index contributed by atoms with van der Waals surface area (Å²) >= 11 is 0. The minimum absolute atomic E-state index is 0. The molecule has 126 valence electrons. The van der Waals surface area contributed by atoms with Gasteiger partial charge in [0.15, 0.2) is 11.5 Å². The first-order valence-electron chi connectivity index (χ1n) is 7.35. The lowest BCUT2D eigenvalue weighted by molar-refractivity contribution is 0.254. The average molecular weight is 331 g/mol. The number of rotatable bonds is 6. The third-order valence-electron chi connectivity index (χ3n) is 4.23. The maximum absolute atomic E-state index is 5.80. The van der Waals surface area contributed by atoms with Crippen LogP contribution in [0.2, 0.25) is 0 Å². The molecule has 1 aromatic rings. The Hall–Kier alpha value is -1.17. The van der Waals surface area contributed by atoms with Crippen LogP contribution in [-0.4, -0.2) is 45.4 Å². The maximum Gasteiger partial charge on any atom is 0.203 e. The molecule has 1 aliphatic rings. The predicted octanol–water partition coefficient (Wildman–Crippen LogP) is 2.30. The Labute approximate surface area is 139 Å². The van der Waals surface area contributed by atoms with E-state index in [4.69, 9.17) is 19.9 Å². The Kier molecular flexibility index (Phi) is 7.26. The minimum atomic E-state index is 0. The number of halogens is 1. The van der Waals surface area contributed by atoms with Gasteiger partial charge in [0.2, 0.25) is 5.75 Å². The molecular weight excluding hydrogens is 304 g/mol. The highest BCUT2D eigenvalue weighted by molar-refractivity contribution is 5.85. The molecule has 0 aromatic heterocycles. The van der Waals surface area contributed by atoms with Crippen molar-refractivity contribution in [2.45, 2.75) is 25.9 Å². The third kappa shape index (κ3) is 3.97. The molecule has 0 radical (unpaired) electrons. The van der Waals surface area contributed by atoms with Crippen molar-refractivity contribution < 1.29 is 14.2 Å². The first-order chi connectivity index (χ1) is 10.1. The molecule has 2 unspecified atom stereocenters. The van der Waals surface area contributed by atoms with Gasteiger partial charge in [-0.15, -0.1) is 12.4 Å². The van der Waals surface area contributed by atoms with Crippen molar-refractivity contribution in [1.29, 1.82) is 0 Å². The molecule has 0 bridgehead atoms. The van der Waals surface area contributed by atoms with Gasteiger partial charge in [-0.2, -0.15) is 0 Å². The molecule has 22 heavy (non-hydrogen) atoms. The molecule has 2 rings (SSSR count). The zero-order chi connectivity index (χ0) is 15.4. The lowest BCUT2D eigenvalue weighted by Gasteiger charge is -2.22. The molecule has 1 aliphatic heterocycles. The molecule has 2 atom stereocenters. The summed E-state index contributed by atoms with van der Waals surface area (Å²) in [5.74, 6) is 2.64. The Morgan fingerprint density at radius 1 is 1.14 bits per heavy atom. The largest absolute Gasteiger partial charge is 0.493 e. The second-order valence-corrected chi connectivity index (χ2v) is 5.65. The topological polar surface area (TPSA) is 57.0 Å². The summed E-state index contributed by atoms with van der Waals surface area (Å²) in [5, 5.41) is 0. The zero-order valence-electron chi connectivity index (χ0n) is 13.8. The molecular formula is C16H27ClN2O3. The number of hydrogen-bond donors (Lipinski definition) is 1. The molecule has 1 fully saturated rings. The van der Waals surface area contributed by atoms with Crippen LogP contribution in [0, 0.1) is 5.92 Å². The lowest BCUT2D eigenvalue weighted by atomic mass is 10.1. The number of methoxy groups -OCH3 is 3. The normalized spacial score (nSPS) is 21.3. The van der Waals surface area contributed by atoms with Crippen LogP contribution < -0.4 is 19.9 Å². The standard InChI is InChI=1S/C16H26N2O3.ClH/c1-11-5-13(8-17)10-18(11)9-12-6-14(19-2)16(21-4)15(7-12)20-3;/h6-7,11,13H,5,8-10,17H2,1-4H3;1H. The predicted molar refractivity (Wildman–Crippen MR) is 90.4 cm³/mol. The van der Waals surface area contributed by atoms with Crippen molar-refractivity contribution in [2.75, 3.05) is 34.4 Å². The van der Waals surface area contributed by atoms with Crippen LogP contribution in [0.25, 0.3) is 0 Å².